The molecular formula is C8H8BrIO. The number of benzene rings is 1. The van der Waals surface area contributed by atoms with Crippen LogP contribution in [-0.4, -0.2) is 11.0 Å². The average molecular weight is 327 g/mol. The van der Waals surface area contributed by atoms with Crippen LogP contribution in [0.3, 0.4) is 0 Å². The first-order valence-corrected chi connectivity index (χ1v) is 5.59. The minimum absolute atomic E-state index is 0.775. The quantitative estimate of drug-likeness (QED) is 0.612. The topological polar surface area (TPSA) is 9.23 Å². The van der Waals surface area contributed by atoms with E-state index in [0.29, 0.717) is 0 Å². The van der Waals surface area contributed by atoms with Gasteiger partial charge in [0.15, 0.2) is 0 Å². The predicted molar refractivity (Wildman–Crippen MR) is 58.5 cm³/mol. The molecule has 1 rings (SSSR count). The molecule has 0 spiro atoms. The van der Waals surface area contributed by atoms with Gasteiger partial charge < -0.3 is 4.74 Å². The van der Waals surface area contributed by atoms with Crippen LogP contribution < -0.4 is 4.74 Å². The molecular weight excluding hydrogens is 319 g/mol. The maximum atomic E-state index is 5.40. The largest absolute Gasteiger partial charge is 0.493 e. The number of halogens is 2. The minimum atomic E-state index is 0.775. The zero-order valence-corrected chi connectivity index (χ0v) is 9.63. The molecule has 0 amide bonds. The number of alkyl halides is 1. The summed E-state index contributed by atoms with van der Waals surface area (Å²) in [5.74, 6) is 0.927. The van der Waals surface area contributed by atoms with Gasteiger partial charge in [-0.3, -0.25) is 0 Å². The summed E-state index contributed by atoms with van der Waals surface area (Å²) in [7, 11) is 0. The van der Waals surface area contributed by atoms with Crippen molar-refractivity contribution in [3.8, 4) is 5.75 Å². The lowest BCUT2D eigenvalue weighted by Crippen LogP contribution is -1.96. The molecule has 3 heteroatoms. The number of ether oxygens (including phenoxy) is 1. The van der Waals surface area contributed by atoms with Gasteiger partial charge in [0.2, 0.25) is 0 Å². The fraction of sp³-hybridized carbons (Fsp3) is 0.250. The van der Waals surface area contributed by atoms with Crippen molar-refractivity contribution in [1.29, 1.82) is 0 Å². The van der Waals surface area contributed by atoms with Gasteiger partial charge in [-0.1, -0.05) is 44.6 Å². The first-order chi connectivity index (χ1) is 5.33. The zero-order chi connectivity index (χ0) is 8.10. The standard InChI is InChI=1S/C8H8BrIO/c9-7-2-1-3-8(6-7)11-5-4-10/h1-3,6H,4-5H2. The Bertz CT molecular complexity index is 227. The van der Waals surface area contributed by atoms with E-state index in [4.69, 9.17) is 4.74 Å². The van der Waals surface area contributed by atoms with Crippen LogP contribution in [0.5, 0.6) is 5.75 Å². The summed E-state index contributed by atoms with van der Waals surface area (Å²) in [6.45, 7) is 0.775. The molecule has 0 fully saturated rings. The van der Waals surface area contributed by atoms with Gasteiger partial charge in [0.25, 0.3) is 0 Å². The molecule has 60 valence electrons. The van der Waals surface area contributed by atoms with E-state index in [0.717, 1.165) is 21.3 Å². The third kappa shape index (κ3) is 3.42. The van der Waals surface area contributed by atoms with Crippen LogP contribution >= 0.6 is 38.5 Å². The molecule has 0 saturated carbocycles. The van der Waals surface area contributed by atoms with Gasteiger partial charge in [-0.2, -0.15) is 0 Å². The van der Waals surface area contributed by atoms with Crippen molar-refractivity contribution in [1.82, 2.24) is 0 Å². The summed E-state index contributed by atoms with van der Waals surface area (Å²) >= 11 is 5.66. The number of hydrogen-bond acceptors (Lipinski definition) is 1. The Morgan fingerprint density at radius 2 is 2.27 bits per heavy atom. The van der Waals surface area contributed by atoms with Gasteiger partial charge in [0, 0.05) is 8.90 Å². The minimum Gasteiger partial charge on any atom is -0.493 e. The molecule has 0 atom stereocenters. The van der Waals surface area contributed by atoms with Crippen LogP contribution in [0.1, 0.15) is 0 Å². The maximum Gasteiger partial charge on any atom is 0.120 e. The highest BCUT2D eigenvalue weighted by atomic mass is 127. The average Bonchev–Trinajstić information content (AvgIpc) is 2.01. The van der Waals surface area contributed by atoms with Crippen molar-refractivity contribution < 1.29 is 4.74 Å². The van der Waals surface area contributed by atoms with Gasteiger partial charge in [0.05, 0.1) is 6.61 Å². The summed E-state index contributed by atoms with van der Waals surface area (Å²) in [4.78, 5) is 0. The Morgan fingerprint density at radius 1 is 1.45 bits per heavy atom. The van der Waals surface area contributed by atoms with E-state index in [1.165, 1.54) is 0 Å². The van der Waals surface area contributed by atoms with E-state index in [1.807, 2.05) is 24.3 Å². The fourth-order valence-electron chi connectivity index (χ4n) is 0.713. The molecule has 0 N–H and O–H groups in total. The molecule has 1 nitrogen and oxygen atoms in total. The lowest BCUT2D eigenvalue weighted by molar-refractivity contribution is 0.346. The van der Waals surface area contributed by atoms with Gasteiger partial charge in [0.1, 0.15) is 5.75 Å². The Balaban J connectivity index is 2.56. The van der Waals surface area contributed by atoms with Crippen molar-refractivity contribution in [2.45, 2.75) is 0 Å². The summed E-state index contributed by atoms with van der Waals surface area (Å²) in [5.41, 5.74) is 0. The van der Waals surface area contributed by atoms with Crippen LogP contribution in [-0.2, 0) is 0 Å². The molecule has 0 heterocycles. The molecule has 0 unspecified atom stereocenters. The molecule has 0 saturated heterocycles. The third-order valence-corrected chi connectivity index (χ3v) is 2.08. The van der Waals surface area contributed by atoms with Crippen molar-refractivity contribution in [3.63, 3.8) is 0 Å². The SMILES string of the molecule is Brc1cccc(OCCI)c1. The van der Waals surface area contributed by atoms with Gasteiger partial charge in [-0.25, -0.2) is 0 Å². The Kier molecular flexibility index (Phi) is 4.22. The predicted octanol–water partition coefficient (Wildman–Crippen LogP) is 3.26. The second-order valence-corrected chi connectivity index (χ2v) is 3.99. The second kappa shape index (κ2) is 4.98. The highest BCUT2D eigenvalue weighted by Gasteiger charge is 1.92. The van der Waals surface area contributed by atoms with Crippen molar-refractivity contribution in [3.05, 3.63) is 28.7 Å². The molecule has 0 aliphatic rings. The first-order valence-electron chi connectivity index (χ1n) is 3.27. The Morgan fingerprint density at radius 3 is 2.91 bits per heavy atom. The lowest BCUT2D eigenvalue weighted by atomic mass is 10.3. The zero-order valence-electron chi connectivity index (χ0n) is 5.89. The van der Waals surface area contributed by atoms with Crippen LogP contribution in [0.2, 0.25) is 0 Å². The lowest BCUT2D eigenvalue weighted by Gasteiger charge is -2.02. The van der Waals surface area contributed by atoms with E-state index in [2.05, 4.69) is 38.5 Å². The molecule has 1 aromatic rings. The Hall–Kier alpha value is 0.230. The maximum absolute atomic E-state index is 5.40. The van der Waals surface area contributed by atoms with Gasteiger partial charge in [-0.05, 0) is 18.2 Å². The molecule has 0 aromatic heterocycles. The van der Waals surface area contributed by atoms with E-state index in [9.17, 15) is 0 Å². The van der Waals surface area contributed by atoms with E-state index < -0.39 is 0 Å². The highest BCUT2D eigenvalue weighted by Crippen LogP contribution is 2.17. The number of rotatable bonds is 3. The Labute approximate surface area is 88.4 Å². The third-order valence-electron chi connectivity index (χ3n) is 1.14. The first kappa shape index (κ1) is 9.32. The summed E-state index contributed by atoms with van der Waals surface area (Å²) in [6, 6.07) is 7.87. The summed E-state index contributed by atoms with van der Waals surface area (Å²) < 4.78 is 7.48. The normalized spacial score (nSPS) is 9.64. The van der Waals surface area contributed by atoms with Crippen molar-refractivity contribution in [2.24, 2.45) is 0 Å². The molecule has 0 aliphatic carbocycles. The second-order valence-electron chi connectivity index (χ2n) is 1.99. The molecule has 0 aliphatic heterocycles. The van der Waals surface area contributed by atoms with Crippen molar-refractivity contribution >= 4 is 38.5 Å². The monoisotopic (exact) mass is 326 g/mol. The van der Waals surface area contributed by atoms with Crippen LogP contribution in [0, 0.1) is 0 Å². The van der Waals surface area contributed by atoms with Gasteiger partial charge >= 0.3 is 0 Å². The molecule has 11 heavy (non-hydrogen) atoms. The van der Waals surface area contributed by atoms with Crippen LogP contribution in [0.4, 0.5) is 0 Å². The van der Waals surface area contributed by atoms with Crippen LogP contribution in [0.15, 0.2) is 28.7 Å². The summed E-state index contributed by atoms with van der Waals surface area (Å²) in [5, 5.41) is 0. The fourth-order valence-corrected chi connectivity index (χ4v) is 1.31. The van der Waals surface area contributed by atoms with Crippen LogP contribution in [0.25, 0.3) is 0 Å². The van der Waals surface area contributed by atoms with Gasteiger partial charge in [-0.15, -0.1) is 0 Å². The van der Waals surface area contributed by atoms with Crippen molar-refractivity contribution in [2.75, 3.05) is 11.0 Å². The molecule has 1 aromatic carbocycles. The van der Waals surface area contributed by atoms with E-state index in [1.54, 1.807) is 0 Å². The number of hydrogen-bond donors (Lipinski definition) is 0. The molecule has 0 bridgehead atoms. The summed E-state index contributed by atoms with van der Waals surface area (Å²) in [6.07, 6.45) is 0. The smallest absolute Gasteiger partial charge is 0.120 e. The van der Waals surface area contributed by atoms with E-state index >= 15 is 0 Å². The van der Waals surface area contributed by atoms with E-state index in [-0.39, 0.29) is 0 Å². The highest BCUT2D eigenvalue weighted by molar-refractivity contribution is 14.1. The molecule has 0 radical (unpaired) electrons.